The highest BCUT2D eigenvalue weighted by Gasteiger charge is 2.40. The molecule has 2 N–H and O–H groups in total. The Kier molecular flexibility index (Phi) is 5.62. The van der Waals surface area contributed by atoms with E-state index in [4.69, 9.17) is 14.2 Å². The molecule has 174 valence electrons. The highest BCUT2D eigenvalue weighted by molar-refractivity contribution is 5.81. The first-order chi connectivity index (χ1) is 16.0. The van der Waals surface area contributed by atoms with Gasteiger partial charge in [0.1, 0.15) is 5.75 Å². The second kappa shape index (κ2) is 8.59. The first-order valence-electron chi connectivity index (χ1n) is 11.3. The molecule has 8 heteroatoms. The molecule has 1 saturated heterocycles. The van der Waals surface area contributed by atoms with Crippen molar-refractivity contribution in [2.75, 3.05) is 27.9 Å². The van der Waals surface area contributed by atoms with Gasteiger partial charge in [-0.25, -0.2) is 4.79 Å². The SMILES string of the molecule is COc1cc2[nH]c(=O)n(CCC3NC[C@H]4CCc5c(OC)cccc5[C@H]34)c(=O)c2cc1OC. The average Bonchev–Trinajstić information content (AvgIpc) is 3.26. The molecule has 0 spiro atoms. The topological polar surface area (TPSA) is 94.6 Å². The minimum absolute atomic E-state index is 0.188. The van der Waals surface area contributed by atoms with Crippen LogP contribution in [0, 0.1) is 5.92 Å². The van der Waals surface area contributed by atoms with Crippen molar-refractivity contribution in [3.8, 4) is 17.2 Å². The van der Waals surface area contributed by atoms with Gasteiger partial charge in [-0.15, -0.1) is 0 Å². The Morgan fingerprint density at radius 2 is 1.79 bits per heavy atom. The molecule has 1 aliphatic carbocycles. The molecule has 0 radical (unpaired) electrons. The summed E-state index contributed by atoms with van der Waals surface area (Å²) in [5.74, 6) is 2.77. The number of H-pyrrole nitrogens is 1. The molecule has 1 unspecified atom stereocenters. The van der Waals surface area contributed by atoms with E-state index in [-0.39, 0.29) is 11.6 Å². The second-order valence-corrected chi connectivity index (χ2v) is 8.80. The van der Waals surface area contributed by atoms with Crippen LogP contribution in [-0.4, -0.2) is 43.5 Å². The predicted molar refractivity (Wildman–Crippen MR) is 126 cm³/mol. The van der Waals surface area contributed by atoms with Crippen molar-refractivity contribution >= 4 is 10.9 Å². The van der Waals surface area contributed by atoms with Crippen LogP contribution in [0.5, 0.6) is 17.2 Å². The molecule has 3 aromatic rings. The van der Waals surface area contributed by atoms with E-state index in [1.165, 1.54) is 29.9 Å². The monoisotopic (exact) mass is 451 g/mol. The third-order valence-electron chi connectivity index (χ3n) is 7.25. The fraction of sp³-hybridized carbons (Fsp3) is 0.440. The number of nitrogens with one attached hydrogen (secondary N) is 2. The van der Waals surface area contributed by atoms with Gasteiger partial charge in [0, 0.05) is 24.6 Å². The molecular weight excluding hydrogens is 422 g/mol. The average molecular weight is 452 g/mol. The Morgan fingerprint density at radius 3 is 2.55 bits per heavy atom. The van der Waals surface area contributed by atoms with E-state index in [2.05, 4.69) is 22.4 Å². The minimum atomic E-state index is -0.417. The van der Waals surface area contributed by atoms with Crippen LogP contribution in [0.1, 0.15) is 29.9 Å². The Morgan fingerprint density at radius 1 is 1.03 bits per heavy atom. The van der Waals surface area contributed by atoms with Gasteiger partial charge in [0.05, 0.1) is 32.2 Å². The number of rotatable bonds is 6. The normalized spacial score (nSPS) is 21.5. The van der Waals surface area contributed by atoms with Crippen LogP contribution >= 0.6 is 0 Å². The number of hydrogen-bond acceptors (Lipinski definition) is 6. The van der Waals surface area contributed by atoms with E-state index in [0.29, 0.717) is 47.2 Å². The zero-order valence-corrected chi connectivity index (χ0v) is 19.1. The molecule has 5 rings (SSSR count). The van der Waals surface area contributed by atoms with Gasteiger partial charge in [0.2, 0.25) is 0 Å². The lowest BCUT2D eigenvalue weighted by Crippen LogP contribution is -2.38. The summed E-state index contributed by atoms with van der Waals surface area (Å²) >= 11 is 0. The maximum atomic E-state index is 13.2. The fourth-order valence-electron chi connectivity index (χ4n) is 5.65. The van der Waals surface area contributed by atoms with Crippen molar-refractivity contribution in [1.82, 2.24) is 14.9 Å². The Labute approximate surface area is 191 Å². The van der Waals surface area contributed by atoms with Crippen molar-refractivity contribution in [1.29, 1.82) is 0 Å². The zero-order chi connectivity index (χ0) is 23.1. The first kappa shape index (κ1) is 21.6. The predicted octanol–water partition coefficient (Wildman–Crippen LogP) is 2.42. The second-order valence-electron chi connectivity index (χ2n) is 8.80. The van der Waals surface area contributed by atoms with Gasteiger partial charge >= 0.3 is 5.69 Å². The number of benzene rings is 2. The third kappa shape index (κ3) is 3.58. The van der Waals surface area contributed by atoms with Crippen LogP contribution in [0.4, 0.5) is 0 Å². The van der Waals surface area contributed by atoms with Crippen LogP contribution in [0.2, 0.25) is 0 Å². The van der Waals surface area contributed by atoms with Gasteiger partial charge < -0.3 is 24.5 Å². The van der Waals surface area contributed by atoms with Gasteiger partial charge in [-0.3, -0.25) is 9.36 Å². The molecule has 0 saturated carbocycles. The van der Waals surface area contributed by atoms with Crippen molar-refractivity contribution in [2.45, 2.75) is 37.8 Å². The van der Waals surface area contributed by atoms with Crippen LogP contribution in [0.15, 0.2) is 39.9 Å². The van der Waals surface area contributed by atoms with Gasteiger partial charge in [-0.05, 0) is 55.0 Å². The summed E-state index contributed by atoms with van der Waals surface area (Å²) in [4.78, 5) is 28.8. The quantitative estimate of drug-likeness (QED) is 0.598. The molecule has 1 aliphatic heterocycles. The molecule has 1 fully saturated rings. The molecule has 0 amide bonds. The van der Waals surface area contributed by atoms with Gasteiger partial charge in [0.15, 0.2) is 11.5 Å². The lowest BCUT2D eigenvalue weighted by Gasteiger charge is -2.32. The van der Waals surface area contributed by atoms with E-state index in [0.717, 1.165) is 25.1 Å². The van der Waals surface area contributed by atoms with Crippen LogP contribution < -0.4 is 30.8 Å². The van der Waals surface area contributed by atoms with Crippen LogP contribution in [0.25, 0.3) is 10.9 Å². The number of aromatic amines is 1. The fourth-order valence-corrected chi connectivity index (χ4v) is 5.65. The first-order valence-corrected chi connectivity index (χ1v) is 11.3. The summed E-state index contributed by atoms with van der Waals surface area (Å²) in [6, 6.07) is 9.70. The van der Waals surface area contributed by atoms with E-state index >= 15 is 0 Å². The van der Waals surface area contributed by atoms with Crippen molar-refractivity contribution in [2.24, 2.45) is 5.92 Å². The zero-order valence-electron chi connectivity index (χ0n) is 19.1. The summed E-state index contributed by atoms with van der Waals surface area (Å²) in [6.45, 7) is 1.28. The number of hydrogen-bond donors (Lipinski definition) is 2. The Bertz CT molecular complexity index is 1310. The maximum absolute atomic E-state index is 13.2. The summed E-state index contributed by atoms with van der Waals surface area (Å²) in [6.07, 6.45) is 2.81. The molecular formula is C25H29N3O5. The third-order valence-corrected chi connectivity index (χ3v) is 7.25. The van der Waals surface area contributed by atoms with Crippen LogP contribution in [-0.2, 0) is 13.0 Å². The van der Waals surface area contributed by atoms with Crippen molar-refractivity contribution in [3.63, 3.8) is 0 Å². The van der Waals surface area contributed by atoms with E-state index < -0.39 is 5.69 Å². The minimum Gasteiger partial charge on any atom is -0.496 e. The lowest BCUT2D eigenvalue weighted by atomic mass is 9.73. The number of ether oxygens (including phenoxy) is 3. The summed E-state index contributed by atoms with van der Waals surface area (Å²) in [5, 5.41) is 4.05. The Balaban J connectivity index is 1.45. The smallest absolute Gasteiger partial charge is 0.328 e. The summed E-state index contributed by atoms with van der Waals surface area (Å²) in [5.41, 5.74) is 2.31. The molecule has 3 atom stereocenters. The molecule has 0 bridgehead atoms. The molecule has 2 aromatic carbocycles. The largest absolute Gasteiger partial charge is 0.496 e. The van der Waals surface area contributed by atoms with Gasteiger partial charge in [-0.2, -0.15) is 0 Å². The maximum Gasteiger partial charge on any atom is 0.328 e. The summed E-state index contributed by atoms with van der Waals surface area (Å²) in [7, 11) is 4.76. The van der Waals surface area contributed by atoms with Gasteiger partial charge in [-0.1, -0.05) is 12.1 Å². The number of methoxy groups -OCH3 is 3. The van der Waals surface area contributed by atoms with E-state index in [1.54, 1.807) is 19.2 Å². The number of fused-ring (bicyclic) bond motifs is 4. The number of nitrogens with zero attached hydrogens (tertiary/aromatic N) is 1. The van der Waals surface area contributed by atoms with Gasteiger partial charge in [0.25, 0.3) is 5.56 Å². The Hall–Kier alpha value is -3.26. The highest BCUT2D eigenvalue weighted by Crippen LogP contribution is 2.45. The highest BCUT2D eigenvalue weighted by atomic mass is 16.5. The molecule has 2 heterocycles. The molecule has 2 aliphatic rings. The molecule has 1 aromatic heterocycles. The van der Waals surface area contributed by atoms with Crippen molar-refractivity contribution in [3.05, 3.63) is 62.3 Å². The number of aromatic nitrogens is 2. The molecule has 8 nitrogen and oxygen atoms in total. The lowest BCUT2D eigenvalue weighted by molar-refractivity contribution is 0.355. The molecule has 33 heavy (non-hydrogen) atoms. The standard InChI is InChI=1S/C25H29N3O5/c1-31-20-6-4-5-16-15(20)8-7-14-13-26-18(23(14)16)9-10-28-24(29)17-11-21(32-2)22(33-3)12-19(17)27-25(28)30/h4-6,11-12,14,18,23,26H,7-10,13H2,1-3H3,(H,27,30)/t14-,18?,23-/m1/s1. The van der Waals surface area contributed by atoms with Crippen molar-refractivity contribution < 1.29 is 14.2 Å². The summed E-state index contributed by atoms with van der Waals surface area (Å²) < 4.78 is 17.5. The van der Waals surface area contributed by atoms with E-state index in [9.17, 15) is 9.59 Å². The van der Waals surface area contributed by atoms with E-state index in [1.807, 2.05) is 6.07 Å². The van der Waals surface area contributed by atoms with Crippen LogP contribution in [0.3, 0.4) is 0 Å².